The van der Waals surface area contributed by atoms with E-state index < -0.39 is 0 Å². The first-order valence-corrected chi connectivity index (χ1v) is 7.84. The molecule has 0 aliphatic heterocycles. The molecule has 0 spiro atoms. The predicted octanol–water partition coefficient (Wildman–Crippen LogP) is 2.91. The zero-order valence-electron chi connectivity index (χ0n) is 11.5. The van der Waals surface area contributed by atoms with Crippen LogP contribution in [-0.2, 0) is 6.42 Å². The molecule has 2 saturated carbocycles. The number of aryl methyl sites for hydroxylation is 1. The maximum Gasteiger partial charge on any atom is 0.0948 e. The van der Waals surface area contributed by atoms with Crippen LogP contribution in [0, 0.1) is 5.92 Å². The maximum atomic E-state index is 10.8. The summed E-state index contributed by atoms with van der Waals surface area (Å²) in [5.74, 6) is 0.921. The minimum Gasteiger partial charge on any atom is -0.387 e. The molecule has 1 N–H and O–H groups in total. The van der Waals surface area contributed by atoms with Crippen LogP contribution in [-0.4, -0.2) is 28.6 Å². The normalized spacial score (nSPS) is 30.4. The van der Waals surface area contributed by atoms with Gasteiger partial charge in [0.15, 0.2) is 0 Å². The fraction of sp³-hybridized carbons (Fsp3) is 0.647. The first-order chi connectivity index (χ1) is 9.33. The van der Waals surface area contributed by atoms with Crippen molar-refractivity contribution in [1.29, 1.82) is 0 Å². The van der Waals surface area contributed by atoms with Gasteiger partial charge in [-0.2, -0.15) is 0 Å². The molecular formula is C17H23NO. The molecule has 3 aliphatic carbocycles. The van der Waals surface area contributed by atoms with Gasteiger partial charge in [-0.05, 0) is 55.6 Å². The Labute approximate surface area is 115 Å². The first kappa shape index (κ1) is 11.9. The van der Waals surface area contributed by atoms with Crippen LogP contribution in [0.15, 0.2) is 24.3 Å². The van der Waals surface area contributed by atoms with Gasteiger partial charge in [0.05, 0.1) is 6.10 Å². The third-order valence-electron chi connectivity index (χ3n) is 5.06. The molecule has 19 heavy (non-hydrogen) atoms. The molecule has 2 fully saturated rings. The molecule has 2 nitrogen and oxygen atoms in total. The molecule has 2 unspecified atom stereocenters. The van der Waals surface area contributed by atoms with Crippen molar-refractivity contribution < 1.29 is 5.11 Å². The monoisotopic (exact) mass is 257 g/mol. The Kier molecular flexibility index (Phi) is 2.89. The Hall–Kier alpha value is -0.860. The summed E-state index contributed by atoms with van der Waals surface area (Å²) < 4.78 is 0. The predicted molar refractivity (Wildman–Crippen MR) is 76.0 cm³/mol. The van der Waals surface area contributed by atoms with E-state index in [2.05, 4.69) is 29.2 Å². The fourth-order valence-corrected chi connectivity index (χ4v) is 3.63. The minimum absolute atomic E-state index is 0.274. The highest BCUT2D eigenvalue weighted by atomic mass is 16.3. The molecule has 1 aromatic rings. The molecule has 0 radical (unpaired) electrons. The van der Waals surface area contributed by atoms with Crippen LogP contribution in [0.1, 0.15) is 49.3 Å². The summed E-state index contributed by atoms with van der Waals surface area (Å²) in [6.45, 7) is 1.23. The first-order valence-electron chi connectivity index (χ1n) is 7.84. The van der Waals surface area contributed by atoms with Gasteiger partial charge in [-0.3, -0.25) is 4.90 Å². The molecule has 0 saturated heterocycles. The number of aliphatic hydroxyl groups excluding tert-OH is 1. The van der Waals surface area contributed by atoms with Crippen LogP contribution in [0.2, 0.25) is 0 Å². The Bertz CT molecular complexity index is 464. The van der Waals surface area contributed by atoms with E-state index in [-0.39, 0.29) is 6.10 Å². The molecular weight excluding hydrogens is 234 g/mol. The molecule has 0 heterocycles. The van der Waals surface area contributed by atoms with Crippen molar-refractivity contribution in [3.63, 3.8) is 0 Å². The fourth-order valence-electron chi connectivity index (χ4n) is 3.63. The van der Waals surface area contributed by atoms with Crippen LogP contribution in [0.25, 0.3) is 0 Å². The van der Waals surface area contributed by atoms with Crippen molar-refractivity contribution in [2.45, 2.75) is 56.7 Å². The minimum atomic E-state index is -0.274. The van der Waals surface area contributed by atoms with E-state index in [1.54, 1.807) is 0 Å². The highest BCUT2D eigenvalue weighted by Crippen LogP contribution is 2.41. The molecule has 2 atom stereocenters. The highest BCUT2D eigenvalue weighted by molar-refractivity contribution is 5.32. The van der Waals surface area contributed by atoms with Gasteiger partial charge in [-0.1, -0.05) is 24.3 Å². The summed E-state index contributed by atoms with van der Waals surface area (Å²) in [4.78, 5) is 2.65. The molecule has 0 bridgehead atoms. The molecule has 3 aliphatic rings. The average Bonchev–Trinajstić information content (AvgIpc) is 3.30. The molecule has 0 aromatic heterocycles. The number of benzene rings is 1. The summed E-state index contributed by atoms with van der Waals surface area (Å²) in [5, 5.41) is 10.8. The Morgan fingerprint density at radius 2 is 1.84 bits per heavy atom. The zero-order chi connectivity index (χ0) is 12.8. The van der Waals surface area contributed by atoms with Crippen LogP contribution in [0.4, 0.5) is 0 Å². The van der Waals surface area contributed by atoms with E-state index in [1.807, 2.05) is 0 Å². The van der Waals surface area contributed by atoms with E-state index in [4.69, 9.17) is 0 Å². The van der Waals surface area contributed by atoms with Gasteiger partial charge in [-0.25, -0.2) is 0 Å². The van der Waals surface area contributed by atoms with E-state index in [0.717, 1.165) is 24.8 Å². The molecule has 4 rings (SSSR count). The number of hydrogen-bond donors (Lipinski definition) is 1. The maximum absolute atomic E-state index is 10.8. The second kappa shape index (κ2) is 4.60. The van der Waals surface area contributed by atoms with Crippen LogP contribution < -0.4 is 0 Å². The Balaban J connectivity index is 1.57. The van der Waals surface area contributed by atoms with Gasteiger partial charge >= 0.3 is 0 Å². The molecule has 2 heteroatoms. The Morgan fingerprint density at radius 1 is 1.05 bits per heavy atom. The number of nitrogens with zero attached hydrogens (tertiary/aromatic N) is 1. The number of aliphatic hydroxyl groups is 1. The van der Waals surface area contributed by atoms with Crippen molar-refractivity contribution in [2.24, 2.45) is 5.92 Å². The van der Waals surface area contributed by atoms with E-state index in [9.17, 15) is 5.11 Å². The van der Waals surface area contributed by atoms with Crippen molar-refractivity contribution >= 4 is 0 Å². The third kappa shape index (κ3) is 2.32. The van der Waals surface area contributed by atoms with Crippen molar-refractivity contribution in [3.05, 3.63) is 35.4 Å². The zero-order valence-corrected chi connectivity index (χ0v) is 11.5. The lowest BCUT2D eigenvalue weighted by atomic mass is 9.85. The number of fused-ring (bicyclic) bond motifs is 1. The van der Waals surface area contributed by atoms with Crippen LogP contribution >= 0.6 is 0 Å². The van der Waals surface area contributed by atoms with Gasteiger partial charge in [0.2, 0.25) is 0 Å². The largest absolute Gasteiger partial charge is 0.387 e. The molecule has 102 valence electrons. The van der Waals surface area contributed by atoms with E-state index in [0.29, 0.717) is 6.04 Å². The molecule has 1 aromatic carbocycles. The molecule has 0 amide bonds. The average molecular weight is 257 g/mol. The lowest BCUT2D eigenvalue weighted by Gasteiger charge is -2.39. The Morgan fingerprint density at radius 3 is 2.58 bits per heavy atom. The van der Waals surface area contributed by atoms with Gasteiger partial charge in [0.1, 0.15) is 0 Å². The second-order valence-electron chi connectivity index (χ2n) is 6.62. The smallest absolute Gasteiger partial charge is 0.0948 e. The van der Waals surface area contributed by atoms with Gasteiger partial charge in [-0.15, -0.1) is 0 Å². The van der Waals surface area contributed by atoms with E-state index >= 15 is 0 Å². The standard InChI is InChI=1S/C17H23NO/c19-17-15-4-2-1-3-13(15)7-10-16(17)18(14-8-9-14)11-12-5-6-12/h1-4,12,14,16-17,19H,5-11H2. The van der Waals surface area contributed by atoms with Gasteiger partial charge < -0.3 is 5.11 Å². The topological polar surface area (TPSA) is 23.5 Å². The van der Waals surface area contributed by atoms with Crippen molar-refractivity contribution in [3.8, 4) is 0 Å². The SMILES string of the molecule is OC1c2ccccc2CCC1N(CC1CC1)C1CC1. The number of hydrogen-bond acceptors (Lipinski definition) is 2. The summed E-state index contributed by atoms with van der Waals surface area (Å²) >= 11 is 0. The lowest BCUT2D eigenvalue weighted by Crippen LogP contribution is -2.44. The second-order valence-corrected chi connectivity index (χ2v) is 6.62. The lowest BCUT2D eigenvalue weighted by molar-refractivity contribution is 0.0285. The third-order valence-corrected chi connectivity index (χ3v) is 5.06. The number of rotatable bonds is 4. The highest BCUT2D eigenvalue weighted by Gasteiger charge is 2.41. The summed E-state index contributed by atoms with van der Waals surface area (Å²) in [7, 11) is 0. The van der Waals surface area contributed by atoms with Crippen LogP contribution in [0.3, 0.4) is 0 Å². The summed E-state index contributed by atoms with van der Waals surface area (Å²) in [6.07, 6.45) is 7.48. The van der Waals surface area contributed by atoms with Crippen molar-refractivity contribution in [1.82, 2.24) is 4.90 Å². The van der Waals surface area contributed by atoms with Crippen LogP contribution in [0.5, 0.6) is 0 Å². The van der Waals surface area contributed by atoms with Crippen molar-refractivity contribution in [2.75, 3.05) is 6.54 Å². The van der Waals surface area contributed by atoms with Gasteiger partial charge in [0.25, 0.3) is 0 Å². The summed E-state index contributed by atoms with van der Waals surface area (Å²) in [6, 6.07) is 9.58. The van der Waals surface area contributed by atoms with Gasteiger partial charge in [0, 0.05) is 18.6 Å². The quantitative estimate of drug-likeness (QED) is 0.896. The summed E-state index contributed by atoms with van der Waals surface area (Å²) in [5.41, 5.74) is 2.54. The van der Waals surface area contributed by atoms with E-state index in [1.165, 1.54) is 43.4 Å².